The Hall–Kier alpha value is -2.38. The number of thioether (sulfide) groups is 1. The summed E-state index contributed by atoms with van der Waals surface area (Å²) in [5.41, 5.74) is 1.67. The molecule has 2 aromatic rings. The third-order valence-corrected chi connectivity index (χ3v) is 6.98. The lowest BCUT2D eigenvalue weighted by Gasteiger charge is -2.28. The van der Waals surface area contributed by atoms with Crippen LogP contribution in [0.25, 0.3) is 0 Å². The summed E-state index contributed by atoms with van der Waals surface area (Å²) in [6.45, 7) is 1.02. The van der Waals surface area contributed by atoms with Gasteiger partial charge in [0.2, 0.25) is 11.8 Å². The number of nitrogens with zero attached hydrogens (tertiary/aromatic N) is 2. The van der Waals surface area contributed by atoms with Crippen molar-refractivity contribution in [3.8, 4) is 11.5 Å². The van der Waals surface area contributed by atoms with Crippen molar-refractivity contribution in [1.82, 2.24) is 4.90 Å². The van der Waals surface area contributed by atoms with Gasteiger partial charge in [0.25, 0.3) is 0 Å². The first-order chi connectivity index (χ1) is 14.5. The van der Waals surface area contributed by atoms with E-state index in [0.717, 1.165) is 28.5 Å². The highest BCUT2D eigenvalue weighted by Crippen LogP contribution is 2.44. The normalized spacial score (nSPS) is 21.2. The number of benzene rings is 2. The summed E-state index contributed by atoms with van der Waals surface area (Å²) >= 11 is 7.65. The van der Waals surface area contributed by atoms with E-state index in [-0.39, 0.29) is 29.5 Å². The minimum Gasteiger partial charge on any atom is -0.497 e. The largest absolute Gasteiger partial charge is 0.497 e. The van der Waals surface area contributed by atoms with Crippen molar-refractivity contribution in [2.24, 2.45) is 5.92 Å². The SMILES string of the molecule is COc1ccc(OC)c(C2SCCN2C(=O)C2CC(=O)N(c3ccc(Cl)cc3)C2)c1. The molecule has 2 aliphatic rings. The van der Waals surface area contributed by atoms with Crippen molar-refractivity contribution >= 4 is 40.9 Å². The van der Waals surface area contributed by atoms with Gasteiger partial charge in [-0.1, -0.05) is 11.6 Å². The predicted octanol–water partition coefficient (Wildman–Crippen LogP) is 3.98. The molecule has 30 heavy (non-hydrogen) atoms. The van der Waals surface area contributed by atoms with E-state index in [1.807, 2.05) is 35.2 Å². The second kappa shape index (κ2) is 8.78. The van der Waals surface area contributed by atoms with Crippen LogP contribution < -0.4 is 14.4 Å². The topological polar surface area (TPSA) is 59.1 Å². The molecule has 0 N–H and O–H groups in total. The Balaban J connectivity index is 1.54. The number of methoxy groups -OCH3 is 2. The Morgan fingerprint density at radius 1 is 1.13 bits per heavy atom. The van der Waals surface area contributed by atoms with Gasteiger partial charge in [-0.15, -0.1) is 11.8 Å². The number of hydrogen-bond donors (Lipinski definition) is 0. The highest BCUT2D eigenvalue weighted by atomic mass is 35.5. The van der Waals surface area contributed by atoms with Crippen LogP contribution in [0.4, 0.5) is 5.69 Å². The maximum Gasteiger partial charge on any atom is 0.229 e. The number of amides is 2. The second-order valence-corrected chi connectivity index (χ2v) is 8.87. The van der Waals surface area contributed by atoms with E-state index < -0.39 is 0 Å². The fourth-order valence-corrected chi connectivity index (χ4v) is 5.37. The maximum absolute atomic E-state index is 13.4. The van der Waals surface area contributed by atoms with Crippen LogP contribution in [0.15, 0.2) is 42.5 Å². The molecule has 2 aliphatic heterocycles. The second-order valence-electron chi connectivity index (χ2n) is 7.24. The number of halogens is 1. The predicted molar refractivity (Wildman–Crippen MR) is 118 cm³/mol. The molecule has 2 amide bonds. The number of carbonyl (C=O) groups is 2. The lowest BCUT2D eigenvalue weighted by atomic mass is 10.1. The average molecular weight is 447 g/mol. The van der Waals surface area contributed by atoms with Gasteiger partial charge in [0.05, 0.1) is 20.1 Å². The molecule has 0 saturated carbocycles. The van der Waals surface area contributed by atoms with Gasteiger partial charge in [0.1, 0.15) is 16.9 Å². The molecule has 6 nitrogen and oxygen atoms in total. The van der Waals surface area contributed by atoms with Gasteiger partial charge in [0.15, 0.2) is 0 Å². The fraction of sp³-hybridized carbons (Fsp3) is 0.364. The Kier molecular flexibility index (Phi) is 6.11. The van der Waals surface area contributed by atoms with E-state index in [2.05, 4.69) is 0 Å². The van der Waals surface area contributed by atoms with Crippen LogP contribution in [0, 0.1) is 5.92 Å². The highest BCUT2D eigenvalue weighted by molar-refractivity contribution is 7.99. The fourth-order valence-electron chi connectivity index (χ4n) is 3.96. The standard InChI is InChI=1S/C22H23ClN2O4S/c1-28-17-7-8-19(29-2)18(12-17)22-24(9-10-30-22)21(27)14-11-20(26)25(13-14)16-5-3-15(23)4-6-16/h3-8,12,14,22H,9-11,13H2,1-2H3. The molecule has 158 valence electrons. The molecule has 0 aromatic heterocycles. The molecule has 2 aromatic carbocycles. The van der Waals surface area contributed by atoms with E-state index >= 15 is 0 Å². The summed E-state index contributed by atoms with van der Waals surface area (Å²) in [6, 6.07) is 12.7. The number of hydrogen-bond acceptors (Lipinski definition) is 5. The van der Waals surface area contributed by atoms with Crippen molar-refractivity contribution < 1.29 is 19.1 Å². The van der Waals surface area contributed by atoms with Crippen LogP contribution in [0.2, 0.25) is 5.02 Å². The van der Waals surface area contributed by atoms with Crippen molar-refractivity contribution in [2.45, 2.75) is 11.8 Å². The quantitative estimate of drug-likeness (QED) is 0.695. The lowest BCUT2D eigenvalue weighted by molar-refractivity contribution is -0.136. The molecule has 4 rings (SSSR count). The first-order valence-electron chi connectivity index (χ1n) is 9.71. The maximum atomic E-state index is 13.4. The zero-order valence-electron chi connectivity index (χ0n) is 16.8. The molecule has 0 spiro atoms. The molecule has 2 atom stereocenters. The molecule has 2 fully saturated rings. The van der Waals surface area contributed by atoms with Gasteiger partial charge in [-0.2, -0.15) is 0 Å². The molecule has 2 unspecified atom stereocenters. The van der Waals surface area contributed by atoms with Crippen molar-refractivity contribution in [3.63, 3.8) is 0 Å². The van der Waals surface area contributed by atoms with Gasteiger partial charge in [0, 0.05) is 41.5 Å². The summed E-state index contributed by atoms with van der Waals surface area (Å²) in [7, 11) is 3.24. The summed E-state index contributed by atoms with van der Waals surface area (Å²) in [4.78, 5) is 29.5. The summed E-state index contributed by atoms with van der Waals surface area (Å²) in [5.74, 6) is 1.86. The minimum atomic E-state index is -0.369. The smallest absolute Gasteiger partial charge is 0.229 e. The molecular formula is C22H23ClN2O4S. The number of rotatable bonds is 5. The van der Waals surface area contributed by atoms with Crippen molar-refractivity contribution in [3.05, 3.63) is 53.1 Å². The number of anilines is 1. The van der Waals surface area contributed by atoms with Gasteiger partial charge < -0.3 is 19.3 Å². The monoisotopic (exact) mass is 446 g/mol. The van der Waals surface area contributed by atoms with E-state index in [0.29, 0.717) is 18.1 Å². The number of carbonyl (C=O) groups excluding carboxylic acids is 2. The van der Waals surface area contributed by atoms with Crippen molar-refractivity contribution in [2.75, 3.05) is 38.0 Å². The molecule has 0 aliphatic carbocycles. The summed E-state index contributed by atoms with van der Waals surface area (Å²) in [5, 5.41) is 0.449. The van der Waals surface area contributed by atoms with E-state index in [9.17, 15) is 9.59 Å². The molecule has 8 heteroatoms. The van der Waals surface area contributed by atoms with Crippen LogP contribution in [0.3, 0.4) is 0 Å². The van der Waals surface area contributed by atoms with Gasteiger partial charge >= 0.3 is 0 Å². The molecule has 0 bridgehead atoms. The molecule has 2 heterocycles. The van der Waals surface area contributed by atoms with E-state index in [1.165, 1.54) is 0 Å². The van der Waals surface area contributed by atoms with Gasteiger partial charge in [-0.3, -0.25) is 9.59 Å². The van der Waals surface area contributed by atoms with E-state index in [1.54, 1.807) is 43.0 Å². The molecule has 2 saturated heterocycles. The Morgan fingerprint density at radius 2 is 1.90 bits per heavy atom. The summed E-state index contributed by atoms with van der Waals surface area (Å²) in [6.07, 6.45) is 0.213. The van der Waals surface area contributed by atoms with Crippen LogP contribution in [-0.4, -0.2) is 49.8 Å². The average Bonchev–Trinajstić information content (AvgIpc) is 3.40. The zero-order chi connectivity index (χ0) is 21.3. The number of ether oxygens (including phenoxy) is 2. The van der Waals surface area contributed by atoms with Crippen LogP contribution in [0.1, 0.15) is 17.4 Å². The van der Waals surface area contributed by atoms with Crippen molar-refractivity contribution in [1.29, 1.82) is 0 Å². The Bertz CT molecular complexity index is 953. The van der Waals surface area contributed by atoms with Crippen LogP contribution >= 0.6 is 23.4 Å². The molecule has 0 radical (unpaired) electrons. The van der Waals surface area contributed by atoms with Crippen LogP contribution in [0.5, 0.6) is 11.5 Å². The third-order valence-electron chi connectivity index (χ3n) is 5.49. The first kappa shape index (κ1) is 20.9. The van der Waals surface area contributed by atoms with Crippen LogP contribution in [-0.2, 0) is 9.59 Å². The minimum absolute atomic E-state index is 0.000290. The lowest BCUT2D eigenvalue weighted by Crippen LogP contribution is -2.37. The highest BCUT2D eigenvalue weighted by Gasteiger charge is 2.41. The Labute approximate surface area is 185 Å². The van der Waals surface area contributed by atoms with Gasteiger partial charge in [-0.05, 0) is 42.5 Å². The summed E-state index contributed by atoms with van der Waals surface area (Å²) < 4.78 is 10.9. The zero-order valence-corrected chi connectivity index (χ0v) is 18.4. The Morgan fingerprint density at radius 3 is 2.60 bits per heavy atom. The molecular weight excluding hydrogens is 424 g/mol. The first-order valence-corrected chi connectivity index (χ1v) is 11.1. The van der Waals surface area contributed by atoms with Gasteiger partial charge in [-0.25, -0.2) is 0 Å². The van der Waals surface area contributed by atoms with E-state index in [4.69, 9.17) is 21.1 Å². The third kappa shape index (κ3) is 3.96.